The van der Waals surface area contributed by atoms with Gasteiger partial charge in [-0.25, -0.2) is 0 Å². The summed E-state index contributed by atoms with van der Waals surface area (Å²) in [6, 6.07) is 0. The van der Waals surface area contributed by atoms with Crippen molar-refractivity contribution < 1.29 is 20.1 Å². The second kappa shape index (κ2) is 8.51. The lowest BCUT2D eigenvalue weighted by atomic mass is 9.60. The summed E-state index contributed by atoms with van der Waals surface area (Å²) in [6.45, 7) is 9.21. The highest BCUT2D eigenvalue weighted by Crippen LogP contribution is 2.59. The summed E-state index contributed by atoms with van der Waals surface area (Å²) in [5, 5.41) is 30.6. The van der Waals surface area contributed by atoms with Gasteiger partial charge in [0, 0.05) is 6.42 Å². The third-order valence-corrected chi connectivity index (χ3v) is 7.52. The van der Waals surface area contributed by atoms with E-state index < -0.39 is 11.2 Å². The van der Waals surface area contributed by atoms with Gasteiger partial charge in [0.1, 0.15) is 5.60 Å². The second-order valence-corrected chi connectivity index (χ2v) is 10.7. The van der Waals surface area contributed by atoms with E-state index in [1.54, 1.807) is 13.8 Å². The molecule has 2 rings (SSSR count). The number of Topliss-reactive ketones (excluding diaryl/α,β-unsaturated/α-hetero) is 1. The monoisotopic (exact) mass is 382 g/mol. The Labute approximate surface area is 165 Å². The first-order chi connectivity index (χ1) is 12.3. The van der Waals surface area contributed by atoms with Gasteiger partial charge in [-0.3, -0.25) is 4.79 Å². The first kappa shape index (κ1) is 22.8. The Kier molecular flexibility index (Phi) is 7.19. The molecule has 4 heteroatoms. The normalized spacial score (nSPS) is 33.0. The van der Waals surface area contributed by atoms with Crippen LogP contribution in [0.2, 0.25) is 0 Å². The number of rotatable bonds is 9. The number of fused-ring (bicyclic) bond motifs is 1. The van der Waals surface area contributed by atoms with Gasteiger partial charge in [0.25, 0.3) is 0 Å². The Balaban J connectivity index is 2.09. The summed E-state index contributed by atoms with van der Waals surface area (Å²) in [5.41, 5.74) is -1.76. The molecule has 0 aromatic heterocycles. The number of aliphatic hydroxyl groups is 3. The Morgan fingerprint density at radius 2 is 1.78 bits per heavy atom. The van der Waals surface area contributed by atoms with Crippen LogP contribution >= 0.6 is 0 Å². The molecule has 0 radical (unpaired) electrons. The average molecular weight is 383 g/mol. The highest BCUT2D eigenvalue weighted by molar-refractivity contribution is 5.86. The van der Waals surface area contributed by atoms with E-state index in [2.05, 4.69) is 6.92 Å². The van der Waals surface area contributed by atoms with Crippen molar-refractivity contribution in [1.82, 2.24) is 0 Å². The summed E-state index contributed by atoms with van der Waals surface area (Å²) in [7, 11) is 0. The van der Waals surface area contributed by atoms with Gasteiger partial charge in [0.05, 0.1) is 11.7 Å². The fourth-order valence-corrected chi connectivity index (χ4v) is 5.93. The molecule has 4 nitrogen and oxygen atoms in total. The minimum absolute atomic E-state index is 0.0848. The molecule has 158 valence electrons. The molecule has 2 saturated carbocycles. The van der Waals surface area contributed by atoms with Gasteiger partial charge in [-0.2, -0.15) is 0 Å². The van der Waals surface area contributed by atoms with Crippen LogP contribution in [-0.2, 0) is 4.79 Å². The molecular weight excluding hydrogens is 340 g/mol. The Hall–Kier alpha value is -0.450. The Bertz CT molecular complexity index is 501. The van der Waals surface area contributed by atoms with E-state index in [1.807, 2.05) is 13.8 Å². The SMILES string of the molecule is CC(C)(O)CCC[C@@H](CCC(=O)C(C)(C)O)C1CCC2[C@@H](O)CCC[C@]12C. The summed E-state index contributed by atoms with van der Waals surface area (Å²) >= 11 is 0. The minimum Gasteiger partial charge on any atom is -0.393 e. The first-order valence-electron chi connectivity index (χ1n) is 11.0. The van der Waals surface area contributed by atoms with Crippen molar-refractivity contribution in [3.63, 3.8) is 0 Å². The minimum atomic E-state index is -1.26. The van der Waals surface area contributed by atoms with Crippen molar-refractivity contribution in [2.24, 2.45) is 23.2 Å². The topological polar surface area (TPSA) is 77.8 Å². The maximum Gasteiger partial charge on any atom is 0.163 e. The summed E-state index contributed by atoms with van der Waals surface area (Å²) in [6.07, 6.45) is 9.15. The van der Waals surface area contributed by atoms with Crippen LogP contribution in [0.4, 0.5) is 0 Å². The number of ketones is 1. The molecular formula is C23H42O4. The van der Waals surface area contributed by atoms with Crippen molar-refractivity contribution >= 4 is 5.78 Å². The molecule has 0 aromatic carbocycles. The predicted molar refractivity (Wildman–Crippen MR) is 108 cm³/mol. The molecule has 0 spiro atoms. The van der Waals surface area contributed by atoms with Crippen LogP contribution in [-0.4, -0.2) is 38.4 Å². The zero-order valence-corrected chi connectivity index (χ0v) is 18.1. The second-order valence-electron chi connectivity index (χ2n) is 10.7. The van der Waals surface area contributed by atoms with E-state index in [9.17, 15) is 20.1 Å². The maximum atomic E-state index is 12.3. The molecule has 5 atom stereocenters. The fourth-order valence-electron chi connectivity index (χ4n) is 5.93. The van der Waals surface area contributed by atoms with E-state index in [-0.39, 0.29) is 17.3 Å². The van der Waals surface area contributed by atoms with Crippen LogP contribution < -0.4 is 0 Å². The third kappa shape index (κ3) is 5.77. The molecule has 2 aliphatic carbocycles. The lowest BCUT2D eigenvalue weighted by Crippen LogP contribution is -2.42. The zero-order valence-electron chi connectivity index (χ0n) is 18.1. The molecule has 3 N–H and O–H groups in total. The zero-order chi connectivity index (χ0) is 20.5. The van der Waals surface area contributed by atoms with Crippen LogP contribution in [0.15, 0.2) is 0 Å². The number of aliphatic hydroxyl groups excluding tert-OH is 1. The van der Waals surface area contributed by atoms with Crippen LogP contribution in [0.1, 0.15) is 98.8 Å². The first-order valence-corrected chi connectivity index (χ1v) is 11.0. The van der Waals surface area contributed by atoms with Gasteiger partial charge in [-0.05, 0) is 89.4 Å². The number of hydrogen-bond acceptors (Lipinski definition) is 4. The lowest BCUT2D eigenvalue weighted by Gasteiger charge is -2.46. The number of carbonyl (C=O) groups excluding carboxylic acids is 1. The molecule has 0 amide bonds. The van der Waals surface area contributed by atoms with E-state index >= 15 is 0 Å². The molecule has 0 heterocycles. The molecule has 0 aliphatic heterocycles. The molecule has 2 unspecified atom stereocenters. The molecule has 0 aromatic rings. The van der Waals surface area contributed by atoms with Crippen LogP contribution in [0.5, 0.6) is 0 Å². The summed E-state index contributed by atoms with van der Waals surface area (Å²) < 4.78 is 0. The highest BCUT2D eigenvalue weighted by Gasteiger charge is 2.52. The number of hydrogen-bond donors (Lipinski definition) is 3. The van der Waals surface area contributed by atoms with Crippen LogP contribution in [0.25, 0.3) is 0 Å². The summed E-state index contributed by atoms with van der Waals surface area (Å²) in [5.74, 6) is 1.24. The van der Waals surface area contributed by atoms with Gasteiger partial charge in [0.15, 0.2) is 5.78 Å². The van der Waals surface area contributed by atoms with Crippen LogP contribution in [0.3, 0.4) is 0 Å². The van der Waals surface area contributed by atoms with Crippen LogP contribution in [0, 0.1) is 23.2 Å². The largest absolute Gasteiger partial charge is 0.393 e. The molecule has 27 heavy (non-hydrogen) atoms. The standard InChI is InChI=1S/C23H42O4/c1-21(2,26)14-6-8-16(10-13-20(25)22(3,4)27)17-11-12-18-19(24)9-7-15-23(17,18)5/h16-19,24,26-27H,6-15H2,1-5H3/t16-,17?,18?,19-,23+/m0/s1. The Morgan fingerprint density at radius 1 is 1.11 bits per heavy atom. The molecule has 0 saturated heterocycles. The number of carbonyl (C=O) groups is 1. The van der Waals surface area contributed by atoms with Gasteiger partial charge < -0.3 is 15.3 Å². The van der Waals surface area contributed by atoms with Crippen molar-refractivity contribution in [3.05, 3.63) is 0 Å². The van der Waals surface area contributed by atoms with Gasteiger partial charge in [0.2, 0.25) is 0 Å². The van der Waals surface area contributed by atoms with Crippen molar-refractivity contribution in [2.75, 3.05) is 0 Å². The lowest BCUT2D eigenvalue weighted by molar-refractivity contribution is -0.134. The van der Waals surface area contributed by atoms with Crippen molar-refractivity contribution in [1.29, 1.82) is 0 Å². The summed E-state index contributed by atoms with van der Waals surface area (Å²) in [4.78, 5) is 12.3. The van der Waals surface area contributed by atoms with E-state index in [0.717, 1.165) is 51.4 Å². The smallest absolute Gasteiger partial charge is 0.163 e. The third-order valence-electron chi connectivity index (χ3n) is 7.52. The quantitative estimate of drug-likeness (QED) is 0.557. The Morgan fingerprint density at radius 3 is 2.37 bits per heavy atom. The van der Waals surface area contributed by atoms with Crippen molar-refractivity contribution in [2.45, 2.75) is 116 Å². The van der Waals surface area contributed by atoms with Gasteiger partial charge in [-0.15, -0.1) is 0 Å². The van der Waals surface area contributed by atoms with Crippen molar-refractivity contribution in [3.8, 4) is 0 Å². The molecule has 2 aliphatic rings. The van der Waals surface area contributed by atoms with Gasteiger partial charge >= 0.3 is 0 Å². The van der Waals surface area contributed by atoms with Gasteiger partial charge in [-0.1, -0.05) is 26.2 Å². The van der Waals surface area contributed by atoms with E-state index in [4.69, 9.17) is 0 Å². The highest BCUT2D eigenvalue weighted by atomic mass is 16.3. The molecule has 0 bridgehead atoms. The predicted octanol–water partition coefficient (Wildman–Crippen LogP) is 4.24. The van der Waals surface area contributed by atoms with E-state index in [1.165, 1.54) is 6.42 Å². The molecule has 2 fully saturated rings. The average Bonchev–Trinajstić information content (AvgIpc) is 2.86. The maximum absolute atomic E-state index is 12.3. The fraction of sp³-hybridized carbons (Fsp3) is 0.957. The van der Waals surface area contributed by atoms with E-state index in [0.29, 0.717) is 24.2 Å².